The molecule has 2 nitrogen and oxygen atoms in total. The first kappa shape index (κ1) is 36.6. The third-order valence-electron chi connectivity index (χ3n) is 13.1. The molecule has 0 N–H and O–H groups in total. The molecule has 2 heteroatoms. The molecule has 1 aliphatic rings. The number of nitrogens with zero attached hydrogens (tertiary/aromatic N) is 2. The molecule has 0 saturated carbocycles. The molecule has 1 aliphatic carbocycles. The molecule has 12 rings (SSSR count). The van der Waals surface area contributed by atoms with Crippen LogP contribution >= 0.6 is 0 Å². The van der Waals surface area contributed by atoms with E-state index in [4.69, 9.17) is 0 Å². The Balaban J connectivity index is 1.11. The number of para-hydroxylation sites is 4. The van der Waals surface area contributed by atoms with E-state index in [2.05, 4.69) is 264 Å². The zero-order valence-corrected chi connectivity index (χ0v) is 34.6. The highest BCUT2D eigenvalue weighted by molar-refractivity contribution is 6.11. The van der Waals surface area contributed by atoms with Gasteiger partial charge in [-0.3, -0.25) is 0 Å². The molecular weight excluding hydrogens is 761 g/mol. The molecule has 0 unspecified atom stereocenters. The van der Waals surface area contributed by atoms with Gasteiger partial charge in [-0.25, -0.2) is 0 Å². The third kappa shape index (κ3) is 5.72. The smallest absolute Gasteiger partial charge is 0.0734 e. The predicted octanol–water partition coefficient (Wildman–Crippen LogP) is 16.0. The molecular formula is C61H42N2. The number of benzene rings is 10. The molecule has 0 aliphatic heterocycles. The lowest BCUT2D eigenvalue weighted by molar-refractivity contribution is 0.762. The van der Waals surface area contributed by atoms with Gasteiger partial charge >= 0.3 is 0 Å². The van der Waals surface area contributed by atoms with Crippen molar-refractivity contribution in [2.45, 2.75) is 5.41 Å². The molecule has 0 saturated heterocycles. The van der Waals surface area contributed by atoms with Crippen LogP contribution in [0.4, 0.5) is 17.1 Å². The SMILES string of the molecule is c1ccc(N(c2ccccc2)c2ccccc2-c2ccccc2-c2ccc3c4ccccc4n(-c4cccc5c4C(c4ccccc4)(c4ccccc4)c4ccccc4-5)c3c2)cc1. The fourth-order valence-corrected chi connectivity index (χ4v) is 10.5. The van der Waals surface area contributed by atoms with Crippen molar-refractivity contribution < 1.29 is 0 Å². The van der Waals surface area contributed by atoms with E-state index in [-0.39, 0.29) is 0 Å². The Morgan fingerprint density at radius 3 is 1.52 bits per heavy atom. The maximum absolute atomic E-state index is 2.54. The summed E-state index contributed by atoms with van der Waals surface area (Å²) in [6, 6.07) is 93.2. The number of fused-ring (bicyclic) bond motifs is 6. The van der Waals surface area contributed by atoms with E-state index in [1.54, 1.807) is 0 Å². The number of anilines is 3. The topological polar surface area (TPSA) is 8.17 Å². The maximum Gasteiger partial charge on any atom is 0.0734 e. The average molecular weight is 803 g/mol. The second-order valence-corrected chi connectivity index (χ2v) is 16.4. The quantitative estimate of drug-likeness (QED) is 0.149. The van der Waals surface area contributed by atoms with E-state index in [1.165, 1.54) is 72.0 Å². The fraction of sp³-hybridized carbons (Fsp3) is 0.0164. The first-order chi connectivity index (χ1) is 31.3. The summed E-state index contributed by atoms with van der Waals surface area (Å²) in [5.74, 6) is 0. The van der Waals surface area contributed by atoms with Crippen LogP contribution in [0.5, 0.6) is 0 Å². The molecule has 0 amide bonds. The fourth-order valence-electron chi connectivity index (χ4n) is 10.5. The Hall–Kier alpha value is -8.20. The lowest BCUT2D eigenvalue weighted by Gasteiger charge is -2.35. The zero-order chi connectivity index (χ0) is 41.7. The Morgan fingerprint density at radius 2 is 0.841 bits per heavy atom. The molecule has 11 aromatic rings. The van der Waals surface area contributed by atoms with Gasteiger partial charge in [-0.1, -0.05) is 206 Å². The maximum atomic E-state index is 2.54. The van der Waals surface area contributed by atoms with Gasteiger partial charge in [-0.2, -0.15) is 0 Å². The molecule has 0 bridgehead atoms. The predicted molar refractivity (Wildman–Crippen MR) is 264 cm³/mol. The number of rotatable bonds is 8. The molecule has 10 aromatic carbocycles. The zero-order valence-electron chi connectivity index (χ0n) is 34.6. The summed E-state index contributed by atoms with van der Waals surface area (Å²) in [5, 5.41) is 2.46. The van der Waals surface area contributed by atoms with Crippen LogP contribution in [0.25, 0.3) is 60.9 Å². The van der Waals surface area contributed by atoms with Crippen LogP contribution in [0, 0.1) is 0 Å². The summed E-state index contributed by atoms with van der Waals surface area (Å²) in [5.41, 5.74) is 18.7. The highest BCUT2D eigenvalue weighted by Gasteiger charge is 2.48. The average Bonchev–Trinajstić information content (AvgIpc) is 3.86. The highest BCUT2D eigenvalue weighted by atomic mass is 15.1. The van der Waals surface area contributed by atoms with Crippen LogP contribution < -0.4 is 4.90 Å². The molecule has 0 radical (unpaired) electrons. The van der Waals surface area contributed by atoms with Gasteiger partial charge < -0.3 is 9.47 Å². The summed E-state index contributed by atoms with van der Waals surface area (Å²) >= 11 is 0. The lowest BCUT2D eigenvalue weighted by Crippen LogP contribution is -2.29. The summed E-state index contributed by atoms with van der Waals surface area (Å²) in [6.45, 7) is 0. The summed E-state index contributed by atoms with van der Waals surface area (Å²) in [6.07, 6.45) is 0. The van der Waals surface area contributed by atoms with Gasteiger partial charge in [-0.05, 0) is 93.0 Å². The minimum absolute atomic E-state index is 0.556. The molecule has 1 heterocycles. The van der Waals surface area contributed by atoms with Gasteiger partial charge in [0.25, 0.3) is 0 Å². The standard InChI is InChI=1S/C61H42N2/c1-5-22-44(23-6-1)61(45-24-7-2-8-25-45)55-36-18-15-32-50(55)54-35-21-39-58(60(54)61)63-57-38-20-17-34-52(57)53-41-40-43(42-59(53)63)48-30-13-14-31-49(48)51-33-16-19-37-56(51)62(46-26-9-3-10-27-46)47-28-11-4-12-29-47/h1-42H. The molecule has 0 fully saturated rings. The van der Waals surface area contributed by atoms with Crippen molar-refractivity contribution in [1.82, 2.24) is 4.57 Å². The van der Waals surface area contributed by atoms with Gasteiger partial charge in [-0.15, -0.1) is 0 Å². The van der Waals surface area contributed by atoms with Crippen molar-refractivity contribution in [3.05, 3.63) is 277 Å². The first-order valence-electron chi connectivity index (χ1n) is 21.8. The van der Waals surface area contributed by atoms with Gasteiger partial charge in [0.2, 0.25) is 0 Å². The minimum atomic E-state index is -0.556. The van der Waals surface area contributed by atoms with E-state index in [0.29, 0.717) is 0 Å². The second kappa shape index (κ2) is 15.1. The van der Waals surface area contributed by atoms with Crippen LogP contribution in [0.1, 0.15) is 22.3 Å². The van der Waals surface area contributed by atoms with Crippen molar-refractivity contribution in [2.75, 3.05) is 4.90 Å². The first-order valence-corrected chi connectivity index (χ1v) is 21.8. The van der Waals surface area contributed by atoms with Crippen molar-refractivity contribution in [1.29, 1.82) is 0 Å². The van der Waals surface area contributed by atoms with E-state index < -0.39 is 5.41 Å². The van der Waals surface area contributed by atoms with Crippen molar-refractivity contribution in [2.24, 2.45) is 0 Å². The second-order valence-electron chi connectivity index (χ2n) is 16.4. The molecule has 0 atom stereocenters. The van der Waals surface area contributed by atoms with Crippen LogP contribution in [0.15, 0.2) is 255 Å². The number of hydrogen-bond donors (Lipinski definition) is 0. The Morgan fingerprint density at radius 1 is 0.333 bits per heavy atom. The molecule has 1 aromatic heterocycles. The summed E-state index contributed by atoms with van der Waals surface area (Å²) in [7, 11) is 0. The van der Waals surface area contributed by atoms with E-state index in [9.17, 15) is 0 Å². The van der Waals surface area contributed by atoms with Gasteiger partial charge in [0.05, 0.1) is 27.8 Å². The van der Waals surface area contributed by atoms with Gasteiger partial charge in [0, 0.05) is 33.3 Å². The molecule has 0 spiro atoms. The number of aromatic nitrogens is 1. The van der Waals surface area contributed by atoms with Gasteiger partial charge in [0.15, 0.2) is 0 Å². The van der Waals surface area contributed by atoms with Crippen LogP contribution in [-0.2, 0) is 5.41 Å². The Kier molecular flexibility index (Phi) is 8.76. The van der Waals surface area contributed by atoms with E-state index >= 15 is 0 Å². The Labute approximate surface area is 368 Å². The van der Waals surface area contributed by atoms with E-state index in [0.717, 1.165) is 28.2 Å². The summed E-state index contributed by atoms with van der Waals surface area (Å²) < 4.78 is 2.54. The highest BCUT2D eigenvalue weighted by Crippen LogP contribution is 2.58. The minimum Gasteiger partial charge on any atom is -0.310 e. The third-order valence-corrected chi connectivity index (χ3v) is 13.1. The summed E-state index contributed by atoms with van der Waals surface area (Å²) in [4.78, 5) is 2.37. The molecule has 296 valence electrons. The largest absolute Gasteiger partial charge is 0.310 e. The monoisotopic (exact) mass is 802 g/mol. The van der Waals surface area contributed by atoms with E-state index in [1.807, 2.05) is 0 Å². The van der Waals surface area contributed by atoms with Crippen molar-refractivity contribution >= 4 is 38.9 Å². The lowest BCUT2D eigenvalue weighted by atomic mass is 9.67. The van der Waals surface area contributed by atoms with Crippen LogP contribution in [0.3, 0.4) is 0 Å². The number of hydrogen-bond acceptors (Lipinski definition) is 1. The van der Waals surface area contributed by atoms with Crippen molar-refractivity contribution in [3.63, 3.8) is 0 Å². The normalized spacial score (nSPS) is 12.6. The van der Waals surface area contributed by atoms with Crippen LogP contribution in [-0.4, -0.2) is 4.57 Å². The van der Waals surface area contributed by atoms with Crippen molar-refractivity contribution in [3.8, 4) is 39.1 Å². The molecule has 63 heavy (non-hydrogen) atoms. The van der Waals surface area contributed by atoms with Crippen LogP contribution in [0.2, 0.25) is 0 Å². The van der Waals surface area contributed by atoms with Gasteiger partial charge in [0.1, 0.15) is 0 Å². The Bertz CT molecular complexity index is 3360.